The number of carbonyl (C=O) groups is 2. The molecule has 1 atom stereocenters. The first-order valence-corrected chi connectivity index (χ1v) is 11.1. The predicted octanol–water partition coefficient (Wildman–Crippen LogP) is 4.24. The lowest BCUT2D eigenvalue weighted by Gasteiger charge is -2.31. The van der Waals surface area contributed by atoms with Gasteiger partial charge in [-0.1, -0.05) is 71.8 Å². The normalized spacial score (nSPS) is 11.5. The van der Waals surface area contributed by atoms with E-state index < -0.39 is 6.04 Å². The van der Waals surface area contributed by atoms with Gasteiger partial charge in [0, 0.05) is 20.0 Å². The summed E-state index contributed by atoms with van der Waals surface area (Å²) in [7, 11) is 3.23. The molecule has 0 spiro atoms. The zero-order valence-electron chi connectivity index (χ0n) is 19.8. The summed E-state index contributed by atoms with van der Waals surface area (Å²) < 4.78 is 5.36. The molecule has 3 aromatic carbocycles. The summed E-state index contributed by atoms with van der Waals surface area (Å²) in [5.41, 5.74) is 5.09. The van der Waals surface area contributed by atoms with Crippen LogP contribution in [-0.2, 0) is 29.0 Å². The van der Waals surface area contributed by atoms with Gasteiger partial charge in [-0.05, 0) is 42.7 Å². The van der Waals surface area contributed by atoms with Gasteiger partial charge in [0.25, 0.3) is 0 Å². The van der Waals surface area contributed by atoms with Crippen LogP contribution in [0.1, 0.15) is 27.8 Å². The summed E-state index contributed by atoms with van der Waals surface area (Å²) >= 11 is 0. The molecule has 33 heavy (non-hydrogen) atoms. The Morgan fingerprint density at radius 1 is 0.879 bits per heavy atom. The first-order chi connectivity index (χ1) is 15.9. The average Bonchev–Trinajstić information content (AvgIpc) is 2.81. The Labute approximate surface area is 196 Å². The predicted molar refractivity (Wildman–Crippen MR) is 131 cm³/mol. The molecule has 5 nitrogen and oxygen atoms in total. The summed E-state index contributed by atoms with van der Waals surface area (Å²) in [6, 6.07) is 22.9. The van der Waals surface area contributed by atoms with Crippen molar-refractivity contribution in [3.8, 4) is 5.75 Å². The molecule has 172 valence electrons. The third-order valence-corrected chi connectivity index (χ3v) is 5.64. The van der Waals surface area contributed by atoms with E-state index in [4.69, 9.17) is 4.74 Å². The SMILES string of the molecule is CNC(=O)[C@@H](Cc1ccccc1)N(Cc1cccc(OC)c1)C(=O)Cc1cc(C)cc(C)c1. The van der Waals surface area contributed by atoms with E-state index in [0.29, 0.717) is 18.7 Å². The minimum absolute atomic E-state index is 0.0904. The zero-order valence-corrected chi connectivity index (χ0v) is 19.8. The molecule has 5 heteroatoms. The quantitative estimate of drug-likeness (QED) is 0.537. The number of hydrogen-bond acceptors (Lipinski definition) is 3. The number of rotatable bonds is 9. The monoisotopic (exact) mass is 444 g/mol. The molecule has 0 radical (unpaired) electrons. The molecule has 0 heterocycles. The third kappa shape index (κ3) is 6.69. The Hall–Kier alpha value is -3.60. The maximum atomic E-state index is 13.7. The molecule has 0 bridgehead atoms. The van der Waals surface area contributed by atoms with Crippen LogP contribution < -0.4 is 10.1 Å². The van der Waals surface area contributed by atoms with Gasteiger partial charge in [0.05, 0.1) is 13.5 Å². The van der Waals surface area contributed by atoms with Gasteiger partial charge in [0.15, 0.2) is 0 Å². The van der Waals surface area contributed by atoms with Crippen LogP contribution in [-0.4, -0.2) is 36.9 Å². The molecule has 3 aromatic rings. The zero-order chi connectivity index (χ0) is 23.8. The lowest BCUT2D eigenvalue weighted by Crippen LogP contribution is -2.50. The van der Waals surface area contributed by atoms with Crippen molar-refractivity contribution < 1.29 is 14.3 Å². The topological polar surface area (TPSA) is 58.6 Å². The van der Waals surface area contributed by atoms with E-state index in [9.17, 15) is 9.59 Å². The Bertz CT molecular complexity index is 1080. The van der Waals surface area contributed by atoms with Crippen LogP contribution in [0.2, 0.25) is 0 Å². The minimum Gasteiger partial charge on any atom is -0.497 e. The number of ether oxygens (including phenoxy) is 1. The molecule has 1 N–H and O–H groups in total. The van der Waals surface area contributed by atoms with Gasteiger partial charge in [0.2, 0.25) is 11.8 Å². The van der Waals surface area contributed by atoms with Crippen molar-refractivity contribution in [2.24, 2.45) is 0 Å². The van der Waals surface area contributed by atoms with Crippen LogP contribution in [0.15, 0.2) is 72.8 Å². The summed E-state index contributed by atoms with van der Waals surface area (Å²) in [4.78, 5) is 28.4. The summed E-state index contributed by atoms with van der Waals surface area (Å²) in [5, 5.41) is 2.75. The highest BCUT2D eigenvalue weighted by molar-refractivity contribution is 5.88. The van der Waals surface area contributed by atoms with Crippen LogP contribution >= 0.6 is 0 Å². The fourth-order valence-electron chi connectivity index (χ4n) is 4.14. The van der Waals surface area contributed by atoms with E-state index in [1.807, 2.05) is 80.6 Å². The number of methoxy groups -OCH3 is 1. The summed E-state index contributed by atoms with van der Waals surface area (Å²) in [6.07, 6.45) is 0.665. The molecule has 0 unspecified atom stereocenters. The van der Waals surface area contributed by atoms with Gasteiger partial charge < -0.3 is 15.0 Å². The van der Waals surface area contributed by atoms with Crippen molar-refractivity contribution in [1.82, 2.24) is 10.2 Å². The second-order valence-corrected chi connectivity index (χ2v) is 8.37. The smallest absolute Gasteiger partial charge is 0.242 e. The van der Waals surface area contributed by atoms with Gasteiger partial charge in [0.1, 0.15) is 11.8 Å². The third-order valence-electron chi connectivity index (χ3n) is 5.64. The Balaban J connectivity index is 1.97. The lowest BCUT2D eigenvalue weighted by molar-refractivity contribution is -0.140. The van der Waals surface area contributed by atoms with Crippen molar-refractivity contribution in [2.75, 3.05) is 14.2 Å². The van der Waals surface area contributed by atoms with Crippen LogP contribution in [0.4, 0.5) is 0 Å². The first kappa shape index (κ1) is 24.1. The van der Waals surface area contributed by atoms with E-state index in [2.05, 4.69) is 11.4 Å². The Kier molecular flexibility index (Phi) is 8.25. The van der Waals surface area contributed by atoms with E-state index in [1.54, 1.807) is 19.1 Å². The minimum atomic E-state index is -0.637. The van der Waals surface area contributed by atoms with Crippen molar-refractivity contribution in [1.29, 1.82) is 0 Å². The van der Waals surface area contributed by atoms with E-state index >= 15 is 0 Å². The second-order valence-electron chi connectivity index (χ2n) is 8.37. The molecule has 0 aliphatic heterocycles. The maximum absolute atomic E-state index is 13.7. The number of likely N-dealkylation sites (N-methyl/N-ethyl adjacent to an activating group) is 1. The fraction of sp³-hybridized carbons (Fsp3) is 0.286. The highest BCUT2D eigenvalue weighted by atomic mass is 16.5. The lowest BCUT2D eigenvalue weighted by atomic mass is 10.0. The summed E-state index contributed by atoms with van der Waals surface area (Å²) in [6.45, 7) is 4.36. The fourth-order valence-corrected chi connectivity index (χ4v) is 4.14. The molecule has 0 saturated heterocycles. The molecule has 2 amide bonds. The Morgan fingerprint density at radius 3 is 2.18 bits per heavy atom. The van der Waals surface area contributed by atoms with Crippen molar-refractivity contribution in [3.05, 3.63) is 101 Å². The first-order valence-electron chi connectivity index (χ1n) is 11.1. The van der Waals surface area contributed by atoms with Gasteiger partial charge in [-0.15, -0.1) is 0 Å². The number of nitrogens with one attached hydrogen (secondary N) is 1. The molecule has 0 aliphatic carbocycles. The number of carbonyl (C=O) groups excluding carboxylic acids is 2. The number of nitrogens with zero attached hydrogens (tertiary/aromatic N) is 1. The van der Waals surface area contributed by atoms with E-state index in [0.717, 1.165) is 27.8 Å². The second kappa shape index (κ2) is 11.3. The largest absolute Gasteiger partial charge is 0.497 e. The average molecular weight is 445 g/mol. The Morgan fingerprint density at radius 2 is 1.55 bits per heavy atom. The van der Waals surface area contributed by atoms with Gasteiger partial charge >= 0.3 is 0 Å². The molecule has 0 aromatic heterocycles. The van der Waals surface area contributed by atoms with E-state index in [-0.39, 0.29) is 18.2 Å². The molecule has 0 saturated carbocycles. The molecule has 0 aliphatic rings. The number of hydrogen-bond donors (Lipinski definition) is 1. The van der Waals surface area contributed by atoms with Crippen molar-refractivity contribution in [2.45, 2.75) is 39.3 Å². The standard InChI is InChI=1S/C28H32N2O3/c1-20-13-21(2)15-24(14-20)18-27(31)30(19-23-11-8-12-25(16-23)33-4)26(28(32)29-3)17-22-9-6-5-7-10-22/h5-16,26H,17-19H2,1-4H3,(H,29,32)/t26-/m1/s1. The summed E-state index contributed by atoms with van der Waals surface area (Å²) in [5.74, 6) is 0.441. The highest BCUT2D eigenvalue weighted by Crippen LogP contribution is 2.20. The van der Waals surface area contributed by atoms with Crippen LogP contribution in [0.5, 0.6) is 5.75 Å². The van der Waals surface area contributed by atoms with Gasteiger partial charge in [-0.3, -0.25) is 9.59 Å². The van der Waals surface area contributed by atoms with Crippen molar-refractivity contribution >= 4 is 11.8 Å². The molecular weight excluding hydrogens is 412 g/mol. The molecule has 3 rings (SSSR count). The highest BCUT2D eigenvalue weighted by Gasteiger charge is 2.30. The van der Waals surface area contributed by atoms with Crippen LogP contribution in [0.25, 0.3) is 0 Å². The van der Waals surface area contributed by atoms with Crippen LogP contribution in [0.3, 0.4) is 0 Å². The number of benzene rings is 3. The van der Waals surface area contributed by atoms with Gasteiger partial charge in [-0.2, -0.15) is 0 Å². The maximum Gasteiger partial charge on any atom is 0.242 e. The number of amides is 2. The number of aryl methyl sites for hydroxylation is 2. The van der Waals surface area contributed by atoms with Crippen LogP contribution in [0, 0.1) is 13.8 Å². The van der Waals surface area contributed by atoms with Crippen molar-refractivity contribution in [3.63, 3.8) is 0 Å². The van der Waals surface area contributed by atoms with Gasteiger partial charge in [-0.25, -0.2) is 0 Å². The van der Waals surface area contributed by atoms with E-state index in [1.165, 1.54) is 0 Å². The molecular formula is C28H32N2O3. The molecule has 0 fully saturated rings.